The van der Waals surface area contributed by atoms with Crippen molar-refractivity contribution >= 4 is 5.57 Å². The van der Waals surface area contributed by atoms with E-state index in [1.165, 1.54) is 19.3 Å². The van der Waals surface area contributed by atoms with Gasteiger partial charge in [-0.15, -0.1) is 0 Å². The first-order valence-electron chi connectivity index (χ1n) is 8.55. The van der Waals surface area contributed by atoms with Crippen molar-refractivity contribution in [2.75, 3.05) is 0 Å². The second-order valence-corrected chi connectivity index (χ2v) is 6.95. The van der Waals surface area contributed by atoms with E-state index < -0.39 is 5.66 Å². The first-order valence-corrected chi connectivity index (χ1v) is 8.55. The summed E-state index contributed by atoms with van der Waals surface area (Å²) in [7, 11) is 0. The summed E-state index contributed by atoms with van der Waals surface area (Å²) in [4.78, 5) is 4.42. The molecule has 6 nitrogen and oxygen atoms in total. The number of nitrogens with one attached hydrogen (secondary N) is 2. The molecule has 0 radical (unpaired) electrons. The molecule has 0 aromatic carbocycles. The van der Waals surface area contributed by atoms with Crippen molar-refractivity contribution in [3.8, 4) is 0 Å². The number of rotatable bonds is 4. The Morgan fingerprint density at radius 3 is 2.70 bits per heavy atom. The summed E-state index contributed by atoms with van der Waals surface area (Å²) < 4.78 is 5.44. The number of hydrogen-bond acceptors (Lipinski definition) is 6. The third kappa shape index (κ3) is 3.27. The van der Waals surface area contributed by atoms with Gasteiger partial charge in [0.25, 0.3) is 5.89 Å². The first-order chi connectivity index (χ1) is 11.0. The monoisotopic (exact) mass is 317 g/mol. The third-order valence-electron chi connectivity index (χ3n) is 4.67. The Labute approximate surface area is 137 Å². The highest BCUT2D eigenvalue weighted by molar-refractivity contribution is 5.72. The van der Waals surface area contributed by atoms with Crippen LogP contribution < -0.4 is 16.4 Å². The van der Waals surface area contributed by atoms with Gasteiger partial charge in [0.1, 0.15) is 5.66 Å². The SMILES string of the molecule is Cc1noc(C2=CC(NC(C)C)=CNC2(N)C2CCCCC2)n1. The van der Waals surface area contributed by atoms with Gasteiger partial charge in [-0.2, -0.15) is 4.98 Å². The summed E-state index contributed by atoms with van der Waals surface area (Å²) >= 11 is 0. The summed E-state index contributed by atoms with van der Waals surface area (Å²) in [5.41, 5.74) is 8.06. The highest BCUT2D eigenvalue weighted by atomic mass is 16.5. The van der Waals surface area contributed by atoms with E-state index in [2.05, 4.69) is 40.7 Å². The number of aromatic nitrogens is 2. The first kappa shape index (κ1) is 16.1. The van der Waals surface area contributed by atoms with Crippen molar-refractivity contribution in [1.82, 2.24) is 20.8 Å². The molecule has 6 heteroatoms. The number of nitrogens with zero attached hydrogens (tertiary/aromatic N) is 2. The smallest absolute Gasteiger partial charge is 0.257 e. The fourth-order valence-corrected chi connectivity index (χ4v) is 3.55. The number of dihydropyridines is 1. The molecule has 0 spiro atoms. The second kappa shape index (κ2) is 6.35. The Balaban J connectivity index is 1.96. The third-order valence-corrected chi connectivity index (χ3v) is 4.67. The standard InChI is InChI=1S/C17H27N5O/c1-11(2)20-14-9-15(16-21-12(3)22-23-16)17(18,19-10-14)13-7-5-4-6-8-13/h9-11,13,19-20H,4-8,18H2,1-3H3. The molecule has 1 unspecified atom stereocenters. The lowest BCUT2D eigenvalue weighted by atomic mass is 9.75. The molecule has 2 heterocycles. The summed E-state index contributed by atoms with van der Waals surface area (Å²) in [6, 6.07) is 0.338. The van der Waals surface area contributed by atoms with Gasteiger partial charge in [-0.05, 0) is 45.6 Å². The number of hydrogen-bond donors (Lipinski definition) is 3. The summed E-state index contributed by atoms with van der Waals surface area (Å²) in [6.45, 7) is 6.04. The van der Waals surface area contributed by atoms with Crippen LogP contribution in [0.2, 0.25) is 0 Å². The molecule has 2 aliphatic rings. The van der Waals surface area contributed by atoms with Gasteiger partial charge in [0.2, 0.25) is 0 Å². The molecule has 1 aliphatic carbocycles. The summed E-state index contributed by atoms with van der Waals surface area (Å²) in [5, 5.41) is 10.8. The number of allylic oxidation sites excluding steroid dienone is 1. The van der Waals surface area contributed by atoms with Crippen LogP contribution >= 0.6 is 0 Å². The fourth-order valence-electron chi connectivity index (χ4n) is 3.55. The van der Waals surface area contributed by atoms with Crippen molar-refractivity contribution in [3.05, 3.63) is 29.7 Å². The van der Waals surface area contributed by atoms with Crippen LogP contribution in [0, 0.1) is 12.8 Å². The molecule has 1 aromatic rings. The Bertz CT molecular complexity index is 612. The number of nitrogens with two attached hydrogens (primary N) is 1. The predicted octanol–water partition coefficient (Wildman–Crippen LogP) is 2.44. The lowest BCUT2D eigenvalue weighted by Crippen LogP contribution is -2.59. The minimum Gasteiger partial charge on any atom is -0.382 e. The van der Waals surface area contributed by atoms with Crippen molar-refractivity contribution < 1.29 is 4.52 Å². The maximum absolute atomic E-state index is 6.83. The predicted molar refractivity (Wildman–Crippen MR) is 90.0 cm³/mol. The highest BCUT2D eigenvalue weighted by Gasteiger charge is 2.42. The van der Waals surface area contributed by atoms with Crippen LogP contribution in [-0.4, -0.2) is 21.8 Å². The Morgan fingerprint density at radius 2 is 2.09 bits per heavy atom. The molecule has 4 N–H and O–H groups in total. The van der Waals surface area contributed by atoms with Crippen LogP contribution in [0.5, 0.6) is 0 Å². The van der Waals surface area contributed by atoms with Crippen molar-refractivity contribution in [2.45, 2.75) is 64.6 Å². The van der Waals surface area contributed by atoms with Gasteiger partial charge >= 0.3 is 0 Å². The van der Waals surface area contributed by atoms with Gasteiger partial charge < -0.3 is 20.9 Å². The maximum Gasteiger partial charge on any atom is 0.257 e. The molecule has 3 rings (SSSR count). The largest absolute Gasteiger partial charge is 0.382 e. The topological polar surface area (TPSA) is 89.0 Å². The molecular formula is C17H27N5O. The lowest BCUT2D eigenvalue weighted by molar-refractivity contribution is 0.229. The van der Waals surface area contributed by atoms with Gasteiger partial charge in [0.15, 0.2) is 5.82 Å². The van der Waals surface area contributed by atoms with E-state index in [-0.39, 0.29) is 0 Å². The van der Waals surface area contributed by atoms with E-state index in [1.807, 2.05) is 13.1 Å². The van der Waals surface area contributed by atoms with Crippen LogP contribution in [-0.2, 0) is 0 Å². The average molecular weight is 317 g/mol. The Kier molecular flexibility index (Phi) is 4.43. The van der Waals surface area contributed by atoms with Gasteiger partial charge in [0, 0.05) is 12.2 Å². The minimum atomic E-state index is -0.651. The zero-order valence-corrected chi connectivity index (χ0v) is 14.2. The van der Waals surface area contributed by atoms with Crippen molar-refractivity contribution in [2.24, 2.45) is 11.7 Å². The number of aryl methyl sites for hydroxylation is 1. The molecule has 1 saturated carbocycles. The van der Waals surface area contributed by atoms with E-state index in [0.717, 1.165) is 24.1 Å². The summed E-state index contributed by atoms with van der Waals surface area (Å²) in [6.07, 6.45) is 10.0. The van der Waals surface area contributed by atoms with E-state index in [1.54, 1.807) is 0 Å². The minimum absolute atomic E-state index is 0.338. The van der Waals surface area contributed by atoms with Crippen LogP contribution in [0.1, 0.15) is 57.7 Å². The summed E-state index contributed by atoms with van der Waals surface area (Å²) in [5.74, 6) is 1.51. The zero-order valence-electron chi connectivity index (χ0n) is 14.2. The van der Waals surface area contributed by atoms with Gasteiger partial charge in [0.05, 0.1) is 11.3 Å². The molecule has 1 atom stereocenters. The normalized spacial score (nSPS) is 25.8. The van der Waals surface area contributed by atoms with Crippen LogP contribution in [0.25, 0.3) is 5.57 Å². The van der Waals surface area contributed by atoms with Gasteiger partial charge in [-0.3, -0.25) is 0 Å². The molecule has 1 fully saturated rings. The van der Waals surface area contributed by atoms with Crippen LogP contribution in [0.3, 0.4) is 0 Å². The van der Waals surface area contributed by atoms with Crippen LogP contribution in [0.4, 0.5) is 0 Å². The van der Waals surface area contributed by atoms with Crippen molar-refractivity contribution in [3.63, 3.8) is 0 Å². The zero-order chi connectivity index (χ0) is 16.4. The molecule has 0 bridgehead atoms. The van der Waals surface area contributed by atoms with Crippen LogP contribution in [0.15, 0.2) is 22.5 Å². The fraction of sp³-hybridized carbons (Fsp3) is 0.647. The van der Waals surface area contributed by atoms with E-state index >= 15 is 0 Å². The molecule has 0 amide bonds. The lowest BCUT2D eigenvalue weighted by Gasteiger charge is -2.42. The van der Waals surface area contributed by atoms with Crippen molar-refractivity contribution in [1.29, 1.82) is 0 Å². The molecule has 0 saturated heterocycles. The van der Waals surface area contributed by atoms with E-state index in [0.29, 0.717) is 23.7 Å². The quantitative estimate of drug-likeness (QED) is 0.790. The van der Waals surface area contributed by atoms with E-state index in [9.17, 15) is 0 Å². The van der Waals surface area contributed by atoms with Gasteiger partial charge in [-0.25, -0.2) is 0 Å². The average Bonchev–Trinajstić information content (AvgIpc) is 2.96. The molecule has 126 valence electrons. The molecular weight excluding hydrogens is 290 g/mol. The Morgan fingerprint density at radius 1 is 1.35 bits per heavy atom. The van der Waals surface area contributed by atoms with Gasteiger partial charge in [-0.1, -0.05) is 24.4 Å². The second-order valence-electron chi connectivity index (χ2n) is 6.95. The molecule has 1 aromatic heterocycles. The maximum atomic E-state index is 6.83. The Hall–Kier alpha value is -1.82. The molecule has 23 heavy (non-hydrogen) atoms. The highest BCUT2D eigenvalue weighted by Crippen LogP contribution is 2.39. The van der Waals surface area contributed by atoms with E-state index in [4.69, 9.17) is 10.3 Å². The molecule has 1 aliphatic heterocycles.